The second-order valence-electron chi connectivity index (χ2n) is 6.01. The van der Waals surface area contributed by atoms with Gasteiger partial charge in [-0.05, 0) is 47.0 Å². The quantitative estimate of drug-likeness (QED) is 0.900. The van der Waals surface area contributed by atoms with Crippen molar-refractivity contribution in [2.45, 2.75) is 31.8 Å². The van der Waals surface area contributed by atoms with E-state index in [1.165, 1.54) is 6.42 Å². The topological polar surface area (TPSA) is 50.3 Å². The Morgan fingerprint density at radius 2 is 2.05 bits per heavy atom. The van der Waals surface area contributed by atoms with Crippen molar-refractivity contribution in [2.75, 3.05) is 33.7 Å². The third-order valence-corrected chi connectivity index (χ3v) is 4.79. The van der Waals surface area contributed by atoms with E-state index in [0.29, 0.717) is 11.2 Å². The highest BCUT2D eigenvalue weighted by Gasteiger charge is 2.27. The van der Waals surface area contributed by atoms with E-state index in [0.717, 1.165) is 37.3 Å². The SMILES string of the molecule is Cc1nn(C)c(Cl)c1CC(N)C1CN(C)CCCN1C. The van der Waals surface area contributed by atoms with Crippen molar-refractivity contribution in [1.29, 1.82) is 0 Å². The van der Waals surface area contributed by atoms with Gasteiger partial charge < -0.3 is 15.5 Å². The number of aromatic nitrogens is 2. The fourth-order valence-corrected chi connectivity index (χ4v) is 3.30. The van der Waals surface area contributed by atoms with Gasteiger partial charge in [0.25, 0.3) is 0 Å². The molecule has 1 aliphatic rings. The van der Waals surface area contributed by atoms with Gasteiger partial charge in [0, 0.05) is 31.2 Å². The molecule has 2 unspecified atom stereocenters. The minimum Gasteiger partial charge on any atom is -0.326 e. The van der Waals surface area contributed by atoms with Gasteiger partial charge in [0.15, 0.2) is 0 Å². The average molecular weight is 300 g/mol. The van der Waals surface area contributed by atoms with Crippen molar-refractivity contribution in [2.24, 2.45) is 12.8 Å². The fourth-order valence-electron chi connectivity index (χ4n) is 3.05. The van der Waals surface area contributed by atoms with Crippen LogP contribution in [0, 0.1) is 6.92 Å². The molecule has 1 fully saturated rings. The molecule has 1 saturated heterocycles. The molecule has 114 valence electrons. The molecule has 1 aromatic rings. The Labute approximate surface area is 126 Å². The van der Waals surface area contributed by atoms with Crippen LogP contribution >= 0.6 is 11.6 Å². The van der Waals surface area contributed by atoms with Crippen LogP contribution < -0.4 is 5.73 Å². The molecule has 0 aliphatic carbocycles. The van der Waals surface area contributed by atoms with Crippen molar-refractivity contribution >= 4 is 11.6 Å². The van der Waals surface area contributed by atoms with Gasteiger partial charge in [0.1, 0.15) is 5.15 Å². The number of aryl methyl sites for hydroxylation is 2. The molecule has 2 heterocycles. The van der Waals surface area contributed by atoms with E-state index in [-0.39, 0.29) is 6.04 Å². The molecule has 5 nitrogen and oxygen atoms in total. The van der Waals surface area contributed by atoms with Gasteiger partial charge >= 0.3 is 0 Å². The Balaban J connectivity index is 2.11. The second kappa shape index (κ2) is 6.43. The van der Waals surface area contributed by atoms with Crippen LogP contribution in [0.3, 0.4) is 0 Å². The smallest absolute Gasteiger partial charge is 0.130 e. The van der Waals surface area contributed by atoms with E-state index in [1.807, 2.05) is 14.0 Å². The lowest BCUT2D eigenvalue weighted by atomic mass is 9.99. The van der Waals surface area contributed by atoms with E-state index in [4.69, 9.17) is 17.3 Å². The third-order valence-electron chi connectivity index (χ3n) is 4.32. The van der Waals surface area contributed by atoms with Crippen molar-refractivity contribution in [3.63, 3.8) is 0 Å². The third kappa shape index (κ3) is 3.34. The largest absolute Gasteiger partial charge is 0.326 e. The molecule has 0 saturated carbocycles. The first-order chi connectivity index (χ1) is 9.40. The standard InChI is InChI=1S/C14H26ClN5/c1-10-11(14(15)20(4)17-10)8-12(16)13-9-18(2)6-5-7-19(13)3/h12-13H,5-9,16H2,1-4H3. The maximum absolute atomic E-state index is 6.49. The number of hydrogen-bond acceptors (Lipinski definition) is 4. The minimum absolute atomic E-state index is 0.0703. The first-order valence-corrected chi connectivity index (χ1v) is 7.60. The van der Waals surface area contributed by atoms with Crippen LogP contribution in [0.1, 0.15) is 17.7 Å². The van der Waals surface area contributed by atoms with Crippen LogP contribution in [0.4, 0.5) is 0 Å². The Bertz CT molecular complexity index is 459. The zero-order chi connectivity index (χ0) is 14.9. The molecule has 0 aromatic carbocycles. The zero-order valence-corrected chi connectivity index (χ0v) is 13.7. The highest BCUT2D eigenvalue weighted by molar-refractivity contribution is 6.30. The van der Waals surface area contributed by atoms with E-state index < -0.39 is 0 Å². The molecule has 0 radical (unpaired) electrons. The van der Waals surface area contributed by atoms with Crippen molar-refractivity contribution in [3.05, 3.63) is 16.4 Å². The molecule has 1 aliphatic heterocycles. The van der Waals surface area contributed by atoms with Crippen LogP contribution in [-0.2, 0) is 13.5 Å². The van der Waals surface area contributed by atoms with E-state index >= 15 is 0 Å². The molecular formula is C14H26ClN5. The van der Waals surface area contributed by atoms with Crippen LogP contribution in [-0.4, -0.2) is 65.4 Å². The maximum Gasteiger partial charge on any atom is 0.130 e. The Morgan fingerprint density at radius 3 is 2.65 bits per heavy atom. The van der Waals surface area contributed by atoms with Crippen molar-refractivity contribution in [1.82, 2.24) is 19.6 Å². The number of halogens is 1. The fraction of sp³-hybridized carbons (Fsp3) is 0.786. The van der Waals surface area contributed by atoms with Gasteiger partial charge in [-0.2, -0.15) is 5.10 Å². The van der Waals surface area contributed by atoms with E-state index in [1.54, 1.807) is 4.68 Å². The summed E-state index contributed by atoms with van der Waals surface area (Å²) in [5, 5.41) is 5.08. The molecule has 6 heteroatoms. The Hall–Kier alpha value is -0.620. The van der Waals surface area contributed by atoms with Gasteiger partial charge in [0.05, 0.1) is 5.69 Å². The predicted octanol–water partition coefficient (Wildman–Crippen LogP) is 0.888. The summed E-state index contributed by atoms with van der Waals surface area (Å²) in [6.07, 6.45) is 1.98. The highest BCUT2D eigenvalue weighted by atomic mass is 35.5. The van der Waals surface area contributed by atoms with Crippen LogP contribution in [0.15, 0.2) is 0 Å². The summed E-state index contributed by atoms with van der Waals surface area (Å²) >= 11 is 6.32. The average Bonchev–Trinajstić information content (AvgIpc) is 2.54. The first kappa shape index (κ1) is 15.8. The molecule has 0 spiro atoms. The van der Waals surface area contributed by atoms with Crippen LogP contribution in [0.5, 0.6) is 0 Å². The molecule has 2 N–H and O–H groups in total. The van der Waals surface area contributed by atoms with Gasteiger partial charge in [-0.1, -0.05) is 11.6 Å². The molecule has 20 heavy (non-hydrogen) atoms. The minimum atomic E-state index is 0.0703. The molecule has 2 atom stereocenters. The monoisotopic (exact) mass is 299 g/mol. The van der Waals surface area contributed by atoms with Gasteiger partial charge in [0.2, 0.25) is 0 Å². The summed E-state index contributed by atoms with van der Waals surface area (Å²) in [4.78, 5) is 4.75. The zero-order valence-electron chi connectivity index (χ0n) is 12.9. The summed E-state index contributed by atoms with van der Waals surface area (Å²) in [5.41, 5.74) is 8.55. The Kier molecular flexibility index (Phi) is 5.07. The number of hydrogen-bond donors (Lipinski definition) is 1. The number of rotatable bonds is 3. The van der Waals surface area contributed by atoms with E-state index in [2.05, 4.69) is 29.0 Å². The van der Waals surface area contributed by atoms with Gasteiger partial charge in [-0.25, -0.2) is 0 Å². The predicted molar refractivity (Wildman–Crippen MR) is 83.2 cm³/mol. The number of nitrogens with zero attached hydrogens (tertiary/aromatic N) is 4. The van der Waals surface area contributed by atoms with Crippen molar-refractivity contribution in [3.8, 4) is 0 Å². The lowest BCUT2D eigenvalue weighted by Gasteiger charge is -2.32. The summed E-state index contributed by atoms with van der Waals surface area (Å²) in [6, 6.07) is 0.430. The first-order valence-electron chi connectivity index (χ1n) is 7.22. The number of nitrogens with two attached hydrogens (primary N) is 1. The summed E-state index contributed by atoms with van der Waals surface area (Å²) in [5.74, 6) is 0. The van der Waals surface area contributed by atoms with Gasteiger partial charge in [-0.15, -0.1) is 0 Å². The maximum atomic E-state index is 6.49. The normalized spacial score (nSPS) is 23.8. The molecule has 0 bridgehead atoms. The second-order valence-corrected chi connectivity index (χ2v) is 6.37. The number of likely N-dealkylation sites (N-methyl/N-ethyl adjacent to an activating group) is 2. The summed E-state index contributed by atoms with van der Waals surface area (Å²) in [6.45, 7) is 5.24. The highest BCUT2D eigenvalue weighted by Crippen LogP contribution is 2.22. The molecule has 0 amide bonds. The van der Waals surface area contributed by atoms with Gasteiger partial charge in [-0.3, -0.25) is 4.68 Å². The van der Waals surface area contributed by atoms with E-state index in [9.17, 15) is 0 Å². The summed E-state index contributed by atoms with van der Waals surface area (Å²) in [7, 11) is 6.21. The Morgan fingerprint density at radius 1 is 1.35 bits per heavy atom. The van der Waals surface area contributed by atoms with Crippen LogP contribution in [0.2, 0.25) is 5.15 Å². The molecular weight excluding hydrogens is 274 g/mol. The van der Waals surface area contributed by atoms with Crippen molar-refractivity contribution < 1.29 is 0 Å². The molecule has 1 aromatic heterocycles. The molecule has 2 rings (SSSR count). The lowest BCUT2D eigenvalue weighted by Crippen LogP contribution is -2.51. The lowest BCUT2D eigenvalue weighted by molar-refractivity contribution is 0.195. The van der Waals surface area contributed by atoms with Crippen LogP contribution in [0.25, 0.3) is 0 Å². The summed E-state index contributed by atoms with van der Waals surface area (Å²) < 4.78 is 1.72.